The summed E-state index contributed by atoms with van der Waals surface area (Å²) >= 11 is 3.46. The maximum atomic E-state index is 4.21. The van der Waals surface area contributed by atoms with Crippen molar-refractivity contribution in [3.8, 4) is 0 Å². The van der Waals surface area contributed by atoms with Gasteiger partial charge in [-0.05, 0) is 46.8 Å². The van der Waals surface area contributed by atoms with E-state index in [1.165, 1.54) is 12.8 Å². The zero-order chi connectivity index (χ0) is 10.3. The molecule has 2 nitrogen and oxygen atoms in total. The first-order chi connectivity index (χ1) is 7.34. The first kappa shape index (κ1) is 9.40. The number of rotatable bonds is 2. The van der Waals surface area contributed by atoms with Crippen molar-refractivity contribution in [2.45, 2.75) is 18.9 Å². The monoisotopic (exact) mass is 264 g/mol. The smallest absolute Gasteiger partial charge is 0.129 e. The lowest BCUT2D eigenvalue weighted by molar-refractivity contribution is 0.218. The molecule has 1 saturated carbocycles. The molecule has 3 heteroatoms. The summed E-state index contributed by atoms with van der Waals surface area (Å²) in [5, 5.41) is 3.56. The molecule has 0 saturated heterocycles. The Kier molecular flexibility index (Phi) is 2.28. The van der Waals surface area contributed by atoms with Gasteiger partial charge in [-0.25, -0.2) is 4.98 Å². The summed E-state index contributed by atoms with van der Waals surface area (Å²) in [5.74, 6) is 1.65. The molecule has 0 bridgehead atoms. The van der Waals surface area contributed by atoms with Crippen LogP contribution in [-0.2, 0) is 0 Å². The van der Waals surface area contributed by atoms with Crippen LogP contribution in [0.2, 0.25) is 0 Å². The molecule has 2 aliphatic rings. The lowest BCUT2D eigenvalue weighted by Gasteiger charge is -2.41. The van der Waals surface area contributed by atoms with Gasteiger partial charge in [0.15, 0.2) is 0 Å². The van der Waals surface area contributed by atoms with Crippen molar-refractivity contribution in [2.24, 2.45) is 11.8 Å². The van der Waals surface area contributed by atoms with Crippen molar-refractivity contribution in [2.75, 3.05) is 5.32 Å². The minimum atomic E-state index is 0.606. The standard InChI is InChI=1S/C12H13BrN2/c13-12-10(5-2-6-14-12)15-11-7-8-3-1-4-9(8)11/h1-2,4-6,8-9,11,15H,3,7H2. The normalized spacial score (nSPS) is 32.2. The molecule has 0 aliphatic heterocycles. The van der Waals surface area contributed by atoms with Gasteiger partial charge in [-0.3, -0.25) is 0 Å². The van der Waals surface area contributed by atoms with E-state index >= 15 is 0 Å². The van der Waals surface area contributed by atoms with Crippen LogP contribution >= 0.6 is 15.9 Å². The number of nitrogens with zero attached hydrogens (tertiary/aromatic N) is 1. The molecule has 1 heterocycles. The Morgan fingerprint density at radius 2 is 2.40 bits per heavy atom. The van der Waals surface area contributed by atoms with Crippen LogP contribution < -0.4 is 5.32 Å². The van der Waals surface area contributed by atoms with Crippen molar-refractivity contribution in [3.05, 3.63) is 35.1 Å². The van der Waals surface area contributed by atoms with Crippen molar-refractivity contribution in [3.63, 3.8) is 0 Å². The maximum Gasteiger partial charge on any atom is 0.129 e. The zero-order valence-corrected chi connectivity index (χ0v) is 9.94. The minimum absolute atomic E-state index is 0.606. The Morgan fingerprint density at radius 1 is 1.47 bits per heavy atom. The number of hydrogen-bond donors (Lipinski definition) is 1. The summed E-state index contributed by atoms with van der Waals surface area (Å²) in [4.78, 5) is 4.21. The van der Waals surface area contributed by atoms with Gasteiger partial charge in [-0.2, -0.15) is 0 Å². The number of aromatic nitrogens is 1. The van der Waals surface area contributed by atoms with E-state index in [0.29, 0.717) is 6.04 Å². The number of fused-ring (bicyclic) bond motifs is 1. The van der Waals surface area contributed by atoms with Crippen LogP contribution in [0.25, 0.3) is 0 Å². The highest BCUT2D eigenvalue weighted by Crippen LogP contribution is 2.44. The van der Waals surface area contributed by atoms with E-state index in [-0.39, 0.29) is 0 Å². The third kappa shape index (κ3) is 1.59. The van der Waals surface area contributed by atoms with Crippen LogP contribution in [0, 0.1) is 11.8 Å². The van der Waals surface area contributed by atoms with Crippen LogP contribution in [0.1, 0.15) is 12.8 Å². The Labute approximate surface area is 97.9 Å². The molecule has 0 spiro atoms. The third-order valence-corrected chi connectivity index (χ3v) is 4.09. The molecule has 1 fully saturated rings. The van der Waals surface area contributed by atoms with Gasteiger partial charge < -0.3 is 5.32 Å². The van der Waals surface area contributed by atoms with Crippen molar-refractivity contribution >= 4 is 21.6 Å². The van der Waals surface area contributed by atoms with Crippen LogP contribution in [0.3, 0.4) is 0 Å². The number of nitrogens with one attached hydrogen (secondary N) is 1. The molecule has 2 aliphatic carbocycles. The molecule has 0 radical (unpaired) electrons. The first-order valence-corrected chi connectivity index (χ1v) is 6.17. The molecular weight excluding hydrogens is 252 g/mol. The summed E-state index contributed by atoms with van der Waals surface area (Å²) in [6.45, 7) is 0. The Balaban J connectivity index is 1.72. The molecule has 1 N–H and O–H groups in total. The van der Waals surface area contributed by atoms with Gasteiger partial charge in [0, 0.05) is 18.2 Å². The summed E-state index contributed by atoms with van der Waals surface area (Å²) in [6, 6.07) is 4.64. The highest BCUT2D eigenvalue weighted by Gasteiger charge is 2.40. The number of pyridine rings is 1. The first-order valence-electron chi connectivity index (χ1n) is 5.38. The lowest BCUT2D eigenvalue weighted by atomic mass is 9.71. The van der Waals surface area contributed by atoms with Gasteiger partial charge >= 0.3 is 0 Å². The fourth-order valence-electron chi connectivity index (χ4n) is 2.58. The van der Waals surface area contributed by atoms with Crippen LogP contribution in [0.15, 0.2) is 35.1 Å². The summed E-state index contributed by atoms with van der Waals surface area (Å²) in [6.07, 6.45) is 9.04. The van der Waals surface area contributed by atoms with Crippen molar-refractivity contribution < 1.29 is 0 Å². The zero-order valence-electron chi connectivity index (χ0n) is 8.36. The third-order valence-electron chi connectivity index (χ3n) is 3.46. The van der Waals surface area contributed by atoms with E-state index in [2.05, 4.69) is 44.4 Å². The molecular formula is C12H13BrN2. The highest BCUT2D eigenvalue weighted by molar-refractivity contribution is 9.10. The number of halogens is 1. The molecule has 3 rings (SSSR count). The molecule has 0 amide bonds. The average Bonchev–Trinajstić information content (AvgIpc) is 2.59. The molecule has 1 aromatic rings. The Bertz CT molecular complexity index is 402. The number of anilines is 1. The van der Waals surface area contributed by atoms with Crippen LogP contribution in [0.5, 0.6) is 0 Å². The largest absolute Gasteiger partial charge is 0.380 e. The predicted molar refractivity (Wildman–Crippen MR) is 64.7 cm³/mol. The van der Waals surface area contributed by atoms with E-state index < -0.39 is 0 Å². The number of allylic oxidation sites excluding steroid dienone is 1. The van der Waals surface area contributed by atoms with Gasteiger partial charge in [0.25, 0.3) is 0 Å². The van der Waals surface area contributed by atoms with Gasteiger partial charge in [0.1, 0.15) is 4.60 Å². The minimum Gasteiger partial charge on any atom is -0.380 e. The van der Waals surface area contributed by atoms with Crippen LogP contribution in [-0.4, -0.2) is 11.0 Å². The van der Waals surface area contributed by atoms with Gasteiger partial charge in [-0.15, -0.1) is 0 Å². The van der Waals surface area contributed by atoms with Gasteiger partial charge in [0.05, 0.1) is 5.69 Å². The molecule has 15 heavy (non-hydrogen) atoms. The molecule has 3 unspecified atom stereocenters. The Hall–Kier alpha value is -0.830. The highest BCUT2D eigenvalue weighted by atomic mass is 79.9. The quantitative estimate of drug-likeness (QED) is 0.656. The summed E-state index contributed by atoms with van der Waals surface area (Å²) in [5.41, 5.74) is 1.11. The summed E-state index contributed by atoms with van der Waals surface area (Å²) in [7, 11) is 0. The topological polar surface area (TPSA) is 24.9 Å². The molecule has 0 aromatic carbocycles. The second-order valence-electron chi connectivity index (χ2n) is 4.33. The SMILES string of the molecule is Brc1ncccc1NC1CC2CC=CC21. The van der Waals surface area contributed by atoms with Crippen LogP contribution in [0.4, 0.5) is 5.69 Å². The summed E-state index contributed by atoms with van der Waals surface area (Å²) < 4.78 is 0.912. The average molecular weight is 265 g/mol. The molecule has 78 valence electrons. The van der Waals surface area contributed by atoms with E-state index in [1.54, 1.807) is 6.20 Å². The van der Waals surface area contributed by atoms with Gasteiger partial charge in [0.2, 0.25) is 0 Å². The van der Waals surface area contributed by atoms with E-state index in [9.17, 15) is 0 Å². The Morgan fingerprint density at radius 3 is 3.20 bits per heavy atom. The van der Waals surface area contributed by atoms with E-state index in [1.807, 2.05) is 6.07 Å². The molecule has 1 aromatic heterocycles. The fraction of sp³-hybridized carbons (Fsp3) is 0.417. The van der Waals surface area contributed by atoms with Crippen molar-refractivity contribution in [1.82, 2.24) is 4.98 Å². The fourth-order valence-corrected chi connectivity index (χ4v) is 2.94. The second-order valence-corrected chi connectivity index (χ2v) is 5.08. The maximum absolute atomic E-state index is 4.21. The van der Waals surface area contributed by atoms with Crippen molar-refractivity contribution in [1.29, 1.82) is 0 Å². The van der Waals surface area contributed by atoms with E-state index in [0.717, 1.165) is 22.1 Å². The number of hydrogen-bond acceptors (Lipinski definition) is 2. The lowest BCUT2D eigenvalue weighted by Crippen LogP contribution is -2.43. The second kappa shape index (κ2) is 3.63. The van der Waals surface area contributed by atoms with Gasteiger partial charge in [-0.1, -0.05) is 12.2 Å². The molecule has 3 atom stereocenters. The van der Waals surface area contributed by atoms with E-state index in [4.69, 9.17) is 0 Å². The predicted octanol–water partition coefficient (Wildman–Crippen LogP) is 3.22.